The largest absolute Gasteiger partial charge is 0.479 e. The summed E-state index contributed by atoms with van der Waals surface area (Å²) in [6.45, 7) is 4.81. The molecule has 1 amide bonds. The van der Waals surface area contributed by atoms with Gasteiger partial charge >= 0.3 is 0 Å². The quantitative estimate of drug-likeness (QED) is 0.794. The SMILES string of the molecule is CC(=O)N1CC(OCc2nnc(C(C)Oc3cccnc3)o2)C1. The molecule has 0 aliphatic carbocycles. The van der Waals surface area contributed by atoms with E-state index in [1.807, 2.05) is 6.92 Å². The van der Waals surface area contributed by atoms with E-state index in [1.54, 1.807) is 36.4 Å². The van der Waals surface area contributed by atoms with E-state index in [4.69, 9.17) is 13.9 Å². The summed E-state index contributed by atoms with van der Waals surface area (Å²) in [5.41, 5.74) is 0. The Bertz CT molecular complexity index is 655. The zero-order chi connectivity index (χ0) is 16.2. The van der Waals surface area contributed by atoms with Crippen LogP contribution in [-0.2, 0) is 16.1 Å². The van der Waals surface area contributed by atoms with Crippen molar-refractivity contribution in [2.45, 2.75) is 32.7 Å². The molecule has 1 unspecified atom stereocenters. The van der Waals surface area contributed by atoms with Gasteiger partial charge in [0.15, 0.2) is 6.10 Å². The first-order valence-electron chi connectivity index (χ1n) is 7.38. The number of aromatic nitrogens is 3. The van der Waals surface area contributed by atoms with Crippen LogP contribution in [0.25, 0.3) is 0 Å². The van der Waals surface area contributed by atoms with E-state index in [0.717, 1.165) is 0 Å². The van der Waals surface area contributed by atoms with E-state index in [1.165, 1.54) is 0 Å². The van der Waals surface area contributed by atoms with Crippen molar-refractivity contribution in [3.05, 3.63) is 36.3 Å². The van der Waals surface area contributed by atoms with Gasteiger partial charge in [-0.1, -0.05) is 0 Å². The van der Waals surface area contributed by atoms with Gasteiger partial charge in [-0.3, -0.25) is 9.78 Å². The lowest BCUT2D eigenvalue weighted by Gasteiger charge is -2.37. The van der Waals surface area contributed by atoms with Gasteiger partial charge < -0.3 is 18.8 Å². The molecule has 8 heteroatoms. The number of rotatable bonds is 6. The predicted molar refractivity (Wildman–Crippen MR) is 78.4 cm³/mol. The summed E-state index contributed by atoms with van der Waals surface area (Å²) in [4.78, 5) is 16.8. The maximum atomic E-state index is 11.1. The van der Waals surface area contributed by atoms with E-state index in [2.05, 4.69) is 15.2 Å². The molecule has 3 rings (SSSR count). The van der Waals surface area contributed by atoms with Crippen LogP contribution in [0.2, 0.25) is 0 Å². The molecule has 1 aliphatic rings. The summed E-state index contributed by atoms with van der Waals surface area (Å²) in [5.74, 6) is 1.47. The van der Waals surface area contributed by atoms with Crippen molar-refractivity contribution in [1.29, 1.82) is 0 Å². The molecule has 1 fully saturated rings. The zero-order valence-corrected chi connectivity index (χ0v) is 13.0. The van der Waals surface area contributed by atoms with Crippen molar-refractivity contribution in [3.8, 4) is 5.75 Å². The van der Waals surface area contributed by atoms with Gasteiger partial charge in [0.05, 0.1) is 12.3 Å². The highest BCUT2D eigenvalue weighted by atomic mass is 16.5. The van der Waals surface area contributed by atoms with Crippen LogP contribution in [-0.4, -0.2) is 45.2 Å². The monoisotopic (exact) mass is 318 g/mol. The molecule has 3 heterocycles. The van der Waals surface area contributed by atoms with Crippen molar-refractivity contribution in [3.63, 3.8) is 0 Å². The summed E-state index contributed by atoms with van der Waals surface area (Å²) < 4.78 is 16.8. The molecular formula is C15H18N4O4. The number of pyridine rings is 1. The second-order valence-corrected chi connectivity index (χ2v) is 5.34. The summed E-state index contributed by atoms with van der Waals surface area (Å²) >= 11 is 0. The third-order valence-electron chi connectivity index (χ3n) is 3.51. The number of hydrogen-bond acceptors (Lipinski definition) is 7. The Balaban J connectivity index is 1.47. The molecule has 122 valence electrons. The fourth-order valence-electron chi connectivity index (χ4n) is 2.15. The number of amides is 1. The van der Waals surface area contributed by atoms with Crippen molar-refractivity contribution in [1.82, 2.24) is 20.1 Å². The van der Waals surface area contributed by atoms with Crippen molar-refractivity contribution < 1.29 is 18.7 Å². The first-order valence-corrected chi connectivity index (χ1v) is 7.38. The van der Waals surface area contributed by atoms with Crippen LogP contribution >= 0.6 is 0 Å². The standard InChI is InChI=1S/C15H18N4O4/c1-10(22-12-4-3-5-16-6-12)15-18-17-14(23-15)9-21-13-7-19(8-13)11(2)20/h3-6,10,13H,7-9H2,1-2H3. The Morgan fingerprint density at radius 2 is 2.30 bits per heavy atom. The van der Waals surface area contributed by atoms with E-state index in [-0.39, 0.29) is 24.7 Å². The van der Waals surface area contributed by atoms with Gasteiger partial charge in [-0.15, -0.1) is 10.2 Å². The van der Waals surface area contributed by atoms with Gasteiger partial charge in [0.1, 0.15) is 12.4 Å². The predicted octanol–water partition coefficient (Wildman–Crippen LogP) is 1.35. The number of hydrogen-bond donors (Lipinski definition) is 0. The summed E-state index contributed by atoms with van der Waals surface area (Å²) in [6.07, 6.45) is 2.94. The lowest BCUT2D eigenvalue weighted by Crippen LogP contribution is -2.53. The molecule has 1 atom stereocenters. The third kappa shape index (κ3) is 3.84. The van der Waals surface area contributed by atoms with Crippen molar-refractivity contribution >= 4 is 5.91 Å². The van der Waals surface area contributed by atoms with Gasteiger partial charge in [0.2, 0.25) is 11.8 Å². The molecule has 1 saturated heterocycles. The minimum atomic E-state index is -0.377. The van der Waals surface area contributed by atoms with E-state index < -0.39 is 0 Å². The smallest absolute Gasteiger partial charge is 0.256 e. The Labute approximate surface area is 133 Å². The second kappa shape index (κ2) is 6.74. The minimum Gasteiger partial charge on any atom is -0.479 e. The molecule has 0 bridgehead atoms. The van der Waals surface area contributed by atoms with Crippen molar-refractivity contribution in [2.75, 3.05) is 13.1 Å². The lowest BCUT2D eigenvalue weighted by molar-refractivity contribution is -0.144. The van der Waals surface area contributed by atoms with E-state index >= 15 is 0 Å². The zero-order valence-electron chi connectivity index (χ0n) is 13.0. The van der Waals surface area contributed by atoms with Crippen molar-refractivity contribution in [2.24, 2.45) is 0 Å². The highest BCUT2D eigenvalue weighted by Gasteiger charge is 2.29. The first kappa shape index (κ1) is 15.4. The first-order chi connectivity index (χ1) is 11.1. The van der Waals surface area contributed by atoms with Crippen LogP contribution in [0.4, 0.5) is 0 Å². The molecule has 0 aromatic carbocycles. The van der Waals surface area contributed by atoms with Crippen LogP contribution in [0.15, 0.2) is 28.9 Å². The highest BCUT2D eigenvalue weighted by molar-refractivity contribution is 5.74. The normalized spacial score (nSPS) is 16.0. The average molecular weight is 318 g/mol. The minimum absolute atomic E-state index is 0.0262. The van der Waals surface area contributed by atoms with Gasteiger partial charge in [0.25, 0.3) is 5.89 Å². The second-order valence-electron chi connectivity index (χ2n) is 5.34. The lowest BCUT2D eigenvalue weighted by atomic mass is 10.2. The van der Waals surface area contributed by atoms with Gasteiger partial charge in [0, 0.05) is 26.2 Å². The Morgan fingerprint density at radius 1 is 1.48 bits per heavy atom. The molecule has 0 N–H and O–H groups in total. The number of carbonyl (C=O) groups excluding carboxylic acids is 1. The van der Waals surface area contributed by atoms with Crippen LogP contribution in [0.3, 0.4) is 0 Å². The highest BCUT2D eigenvalue weighted by Crippen LogP contribution is 2.20. The number of likely N-dealkylation sites (tertiary alicyclic amines) is 1. The maximum absolute atomic E-state index is 11.1. The van der Waals surface area contributed by atoms with E-state index in [9.17, 15) is 4.79 Å². The van der Waals surface area contributed by atoms with E-state index in [0.29, 0.717) is 30.6 Å². The van der Waals surface area contributed by atoms with Gasteiger partial charge in [-0.05, 0) is 19.1 Å². The fraction of sp³-hybridized carbons (Fsp3) is 0.467. The molecule has 8 nitrogen and oxygen atoms in total. The molecule has 0 radical (unpaired) electrons. The Morgan fingerprint density at radius 3 is 3.00 bits per heavy atom. The Kier molecular flexibility index (Phi) is 4.52. The molecular weight excluding hydrogens is 300 g/mol. The number of ether oxygens (including phenoxy) is 2. The molecule has 2 aromatic heterocycles. The number of nitrogens with zero attached hydrogens (tertiary/aromatic N) is 4. The van der Waals surface area contributed by atoms with Gasteiger partial charge in [-0.25, -0.2) is 0 Å². The topological polar surface area (TPSA) is 90.6 Å². The fourth-order valence-corrected chi connectivity index (χ4v) is 2.15. The molecule has 0 saturated carbocycles. The van der Waals surface area contributed by atoms with Crippen LogP contribution < -0.4 is 4.74 Å². The molecule has 0 spiro atoms. The summed E-state index contributed by atoms with van der Waals surface area (Å²) in [7, 11) is 0. The summed E-state index contributed by atoms with van der Waals surface area (Å²) in [6, 6.07) is 3.60. The number of carbonyl (C=O) groups is 1. The van der Waals surface area contributed by atoms with Crippen LogP contribution in [0.1, 0.15) is 31.7 Å². The van der Waals surface area contributed by atoms with Crippen LogP contribution in [0, 0.1) is 0 Å². The van der Waals surface area contributed by atoms with Gasteiger partial charge in [-0.2, -0.15) is 0 Å². The van der Waals surface area contributed by atoms with Crippen LogP contribution in [0.5, 0.6) is 5.75 Å². The average Bonchev–Trinajstić information content (AvgIpc) is 2.95. The third-order valence-corrected chi connectivity index (χ3v) is 3.51. The summed E-state index contributed by atoms with van der Waals surface area (Å²) in [5, 5.41) is 7.92. The molecule has 23 heavy (non-hydrogen) atoms. The molecule has 1 aliphatic heterocycles. The Hall–Kier alpha value is -2.48. The maximum Gasteiger partial charge on any atom is 0.256 e. The molecule has 2 aromatic rings.